The molecule has 8 heteroatoms. The molecule has 2 heterocycles. The zero-order valence-corrected chi connectivity index (χ0v) is 18.2. The maximum atomic E-state index is 12.9. The lowest BCUT2D eigenvalue weighted by Crippen LogP contribution is -2.48. The Morgan fingerprint density at radius 2 is 1.93 bits per heavy atom. The molecule has 29 heavy (non-hydrogen) atoms. The summed E-state index contributed by atoms with van der Waals surface area (Å²) < 4.78 is 0. The Morgan fingerprint density at radius 1 is 1.17 bits per heavy atom. The van der Waals surface area contributed by atoms with Gasteiger partial charge in [0.1, 0.15) is 5.01 Å². The average Bonchev–Trinajstić information content (AvgIpc) is 3.16. The van der Waals surface area contributed by atoms with Crippen LogP contribution in [-0.2, 0) is 6.42 Å². The fraction of sp³-hybridized carbons (Fsp3) is 0.524. The van der Waals surface area contributed by atoms with E-state index in [0.29, 0.717) is 22.2 Å². The number of nitrogens with zero attached hydrogens (tertiary/aromatic N) is 4. The molecule has 7 nitrogen and oxygen atoms in total. The lowest BCUT2D eigenvalue weighted by Gasteiger charge is -2.34. The van der Waals surface area contributed by atoms with Gasteiger partial charge >= 0.3 is 0 Å². The molecular weight excluding hydrogens is 386 g/mol. The van der Waals surface area contributed by atoms with Gasteiger partial charge in [-0.05, 0) is 37.1 Å². The summed E-state index contributed by atoms with van der Waals surface area (Å²) in [4.78, 5) is 29.6. The number of carbonyl (C=O) groups is 2. The maximum absolute atomic E-state index is 12.9. The van der Waals surface area contributed by atoms with E-state index < -0.39 is 0 Å². The monoisotopic (exact) mass is 415 g/mol. The fourth-order valence-electron chi connectivity index (χ4n) is 3.37. The van der Waals surface area contributed by atoms with Crippen LogP contribution >= 0.6 is 11.3 Å². The van der Waals surface area contributed by atoms with Crippen molar-refractivity contribution < 1.29 is 9.59 Å². The van der Waals surface area contributed by atoms with Crippen LogP contribution in [0.4, 0.5) is 5.69 Å². The van der Waals surface area contributed by atoms with Crippen molar-refractivity contribution in [2.75, 3.05) is 38.0 Å². The van der Waals surface area contributed by atoms with Gasteiger partial charge in [-0.25, -0.2) is 0 Å². The van der Waals surface area contributed by atoms with Crippen molar-refractivity contribution in [3.63, 3.8) is 0 Å². The van der Waals surface area contributed by atoms with E-state index in [-0.39, 0.29) is 11.8 Å². The quantitative estimate of drug-likeness (QED) is 0.752. The van der Waals surface area contributed by atoms with Gasteiger partial charge in [0.05, 0.1) is 0 Å². The van der Waals surface area contributed by atoms with Gasteiger partial charge in [0.25, 0.3) is 11.8 Å². The molecule has 1 fully saturated rings. The lowest BCUT2D eigenvalue weighted by atomic mass is 10.1. The molecule has 1 aromatic heterocycles. The molecule has 1 aromatic carbocycles. The SMILES string of the molecule is CCCN1CCN(C(=O)c2cccc(NC(=O)c3nnc(CC(C)C)s3)c2)CC1. The molecule has 156 valence electrons. The third kappa shape index (κ3) is 5.83. The van der Waals surface area contributed by atoms with Crippen LogP contribution in [0.15, 0.2) is 24.3 Å². The topological polar surface area (TPSA) is 78.4 Å². The van der Waals surface area contributed by atoms with Crippen molar-refractivity contribution >= 4 is 28.8 Å². The molecule has 0 bridgehead atoms. The standard InChI is InChI=1S/C21H29N5O2S/c1-4-8-25-9-11-26(12-10-25)21(28)16-6-5-7-17(14-16)22-19(27)20-24-23-18(29-20)13-15(2)3/h5-7,14-15H,4,8-13H2,1-3H3,(H,22,27). The van der Waals surface area contributed by atoms with Crippen LogP contribution in [0, 0.1) is 5.92 Å². The van der Waals surface area contributed by atoms with Crippen molar-refractivity contribution in [3.05, 3.63) is 39.8 Å². The third-order valence-electron chi connectivity index (χ3n) is 4.81. The van der Waals surface area contributed by atoms with Crippen molar-refractivity contribution in [3.8, 4) is 0 Å². The molecule has 0 atom stereocenters. The van der Waals surface area contributed by atoms with Crippen LogP contribution in [0.2, 0.25) is 0 Å². The molecule has 0 spiro atoms. The Morgan fingerprint density at radius 3 is 2.62 bits per heavy atom. The van der Waals surface area contributed by atoms with E-state index in [1.54, 1.807) is 24.3 Å². The highest BCUT2D eigenvalue weighted by atomic mass is 32.1. The highest BCUT2D eigenvalue weighted by Crippen LogP contribution is 2.18. The van der Waals surface area contributed by atoms with Gasteiger partial charge in [0.2, 0.25) is 5.01 Å². The molecule has 1 aliphatic heterocycles. The molecule has 1 N–H and O–H groups in total. The fourth-order valence-corrected chi connectivity index (χ4v) is 4.31. The molecule has 0 radical (unpaired) electrons. The number of anilines is 1. The Kier molecular flexibility index (Phi) is 7.33. The average molecular weight is 416 g/mol. The van der Waals surface area contributed by atoms with E-state index in [2.05, 4.69) is 41.2 Å². The summed E-state index contributed by atoms with van der Waals surface area (Å²) in [5.41, 5.74) is 1.18. The lowest BCUT2D eigenvalue weighted by molar-refractivity contribution is 0.0637. The second-order valence-electron chi connectivity index (χ2n) is 7.77. The van der Waals surface area contributed by atoms with Gasteiger partial charge in [-0.2, -0.15) is 0 Å². The summed E-state index contributed by atoms with van der Waals surface area (Å²) in [5, 5.41) is 12.1. The molecule has 0 unspecified atom stereocenters. The smallest absolute Gasteiger partial charge is 0.286 e. The minimum atomic E-state index is -0.296. The molecule has 1 saturated heterocycles. The van der Waals surface area contributed by atoms with Gasteiger partial charge in [-0.3, -0.25) is 14.5 Å². The number of nitrogens with one attached hydrogen (secondary N) is 1. The molecule has 3 rings (SSSR count). The predicted octanol–water partition coefficient (Wildman–Crippen LogP) is 3.16. The predicted molar refractivity (Wildman–Crippen MR) is 115 cm³/mol. The van der Waals surface area contributed by atoms with E-state index in [1.807, 2.05) is 4.90 Å². The van der Waals surface area contributed by atoms with Crippen LogP contribution in [0.3, 0.4) is 0 Å². The number of rotatable bonds is 7. The summed E-state index contributed by atoms with van der Waals surface area (Å²) in [5.74, 6) is 0.174. The number of carbonyl (C=O) groups excluding carboxylic acids is 2. The summed E-state index contributed by atoms with van der Waals surface area (Å²) in [6, 6.07) is 7.10. The second kappa shape index (κ2) is 9.93. The first kappa shape index (κ1) is 21.4. The number of benzene rings is 1. The summed E-state index contributed by atoms with van der Waals surface area (Å²) in [7, 11) is 0. The Labute approximate surface area is 176 Å². The van der Waals surface area contributed by atoms with Gasteiger partial charge in [0.15, 0.2) is 0 Å². The molecule has 0 saturated carbocycles. The zero-order valence-electron chi connectivity index (χ0n) is 17.4. The van der Waals surface area contributed by atoms with E-state index in [4.69, 9.17) is 0 Å². The van der Waals surface area contributed by atoms with Crippen LogP contribution < -0.4 is 5.32 Å². The second-order valence-corrected chi connectivity index (χ2v) is 8.83. The number of hydrogen-bond acceptors (Lipinski definition) is 6. The first-order valence-corrected chi connectivity index (χ1v) is 11.0. The normalized spacial score (nSPS) is 15.0. The van der Waals surface area contributed by atoms with Gasteiger partial charge < -0.3 is 10.2 Å². The highest BCUT2D eigenvalue weighted by molar-refractivity contribution is 7.13. The van der Waals surface area contributed by atoms with Gasteiger partial charge in [-0.15, -0.1) is 10.2 Å². The molecule has 2 amide bonds. The molecule has 1 aliphatic rings. The number of aromatic nitrogens is 2. The van der Waals surface area contributed by atoms with E-state index in [1.165, 1.54) is 11.3 Å². The summed E-state index contributed by atoms with van der Waals surface area (Å²) >= 11 is 1.31. The van der Waals surface area contributed by atoms with Crippen LogP contribution in [0.5, 0.6) is 0 Å². The summed E-state index contributed by atoms with van der Waals surface area (Å²) in [6.45, 7) is 10.7. The summed E-state index contributed by atoms with van der Waals surface area (Å²) in [6.07, 6.45) is 1.93. The number of amides is 2. The van der Waals surface area contributed by atoms with E-state index >= 15 is 0 Å². The van der Waals surface area contributed by atoms with Crippen molar-refractivity contribution in [1.29, 1.82) is 0 Å². The van der Waals surface area contributed by atoms with Crippen molar-refractivity contribution in [2.24, 2.45) is 5.92 Å². The first-order chi connectivity index (χ1) is 14.0. The van der Waals surface area contributed by atoms with Crippen LogP contribution in [0.25, 0.3) is 0 Å². The first-order valence-electron chi connectivity index (χ1n) is 10.2. The highest BCUT2D eigenvalue weighted by Gasteiger charge is 2.22. The van der Waals surface area contributed by atoms with Crippen molar-refractivity contribution in [2.45, 2.75) is 33.6 Å². The number of piperazine rings is 1. The van der Waals surface area contributed by atoms with Crippen molar-refractivity contribution in [1.82, 2.24) is 20.0 Å². The third-order valence-corrected chi connectivity index (χ3v) is 5.76. The Hall–Kier alpha value is -2.32. The maximum Gasteiger partial charge on any atom is 0.286 e. The Balaban J connectivity index is 1.61. The molecular formula is C21H29N5O2S. The van der Waals surface area contributed by atoms with E-state index in [9.17, 15) is 9.59 Å². The van der Waals surface area contributed by atoms with Gasteiger partial charge in [-0.1, -0.05) is 38.2 Å². The van der Waals surface area contributed by atoms with Crippen LogP contribution in [0.1, 0.15) is 52.4 Å². The minimum Gasteiger partial charge on any atom is -0.336 e. The van der Waals surface area contributed by atoms with Crippen LogP contribution in [-0.4, -0.2) is 64.5 Å². The Bertz CT molecular complexity index is 843. The molecule has 0 aliphatic carbocycles. The number of hydrogen-bond donors (Lipinski definition) is 1. The largest absolute Gasteiger partial charge is 0.336 e. The van der Waals surface area contributed by atoms with Gasteiger partial charge in [0, 0.05) is 43.9 Å². The zero-order chi connectivity index (χ0) is 20.8. The van der Waals surface area contributed by atoms with E-state index in [0.717, 1.165) is 50.6 Å². The molecule has 2 aromatic rings. The minimum absolute atomic E-state index is 0.00684.